The van der Waals surface area contributed by atoms with Crippen molar-refractivity contribution in [2.45, 2.75) is 19.4 Å². The fourth-order valence-electron chi connectivity index (χ4n) is 3.08. The third-order valence-electron chi connectivity index (χ3n) is 4.37. The second-order valence-corrected chi connectivity index (χ2v) is 6.61. The minimum absolute atomic E-state index is 0.00480. The summed E-state index contributed by atoms with van der Waals surface area (Å²) in [5, 5.41) is 6.16. The molecule has 0 saturated carbocycles. The van der Waals surface area contributed by atoms with Gasteiger partial charge in [-0.05, 0) is 47.9 Å². The molecule has 0 fully saturated rings. The normalized spacial score (nSPS) is 15.0. The van der Waals surface area contributed by atoms with Crippen molar-refractivity contribution in [2.75, 3.05) is 18.5 Å². The molecule has 0 aromatic heterocycles. The second kappa shape index (κ2) is 6.88. The molecule has 0 spiro atoms. The van der Waals surface area contributed by atoms with Crippen LogP contribution in [0.4, 0.5) is 5.69 Å². The number of hydrogen-bond acceptors (Lipinski definition) is 4. The van der Waals surface area contributed by atoms with Crippen molar-refractivity contribution in [2.24, 2.45) is 0 Å². The molecule has 2 aliphatic rings. The van der Waals surface area contributed by atoms with Gasteiger partial charge in [-0.3, -0.25) is 9.59 Å². The van der Waals surface area contributed by atoms with E-state index in [1.54, 1.807) is 18.2 Å². The molecule has 2 aromatic rings. The van der Waals surface area contributed by atoms with Gasteiger partial charge in [-0.25, -0.2) is 0 Å². The van der Waals surface area contributed by atoms with E-state index in [4.69, 9.17) is 21.1 Å². The molecule has 134 valence electrons. The summed E-state index contributed by atoms with van der Waals surface area (Å²) in [6, 6.07) is 8.88. The molecule has 0 atom stereocenters. The smallest absolute Gasteiger partial charge is 0.251 e. The van der Waals surface area contributed by atoms with Gasteiger partial charge in [-0.15, -0.1) is 0 Å². The van der Waals surface area contributed by atoms with Gasteiger partial charge >= 0.3 is 0 Å². The Bertz CT molecular complexity index is 897. The van der Waals surface area contributed by atoms with Crippen LogP contribution in [-0.4, -0.2) is 25.0 Å². The Morgan fingerprint density at radius 3 is 2.88 bits per heavy atom. The summed E-state index contributed by atoms with van der Waals surface area (Å²) in [6.07, 6.45) is 1.08. The molecule has 0 bridgehead atoms. The van der Waals surface area contributed by atoms with E-state index < -0.39 is 0 Å². The molecule has 2 aliphatic heterocycles. The molecule has 26 heavy (non-hydrogen) atoms. The maximum atomic E-state index is 12.5. The third-order valence-corrected chi connectivity index (χ3v) is 4.65. The Balaban J connectivity index is 1.46. The number of hydrogen-bond donors (Lipinski definition) is 2. The van der Waals surface area contributed by atoms with E-state index in [1.165, 1.54) is 0 Å². The first-order chi connectivity index (χ1) is 12.6. The van der Waals surface area contributed by atoms with E-state index in [0.717, 1.165) is 16.8 Å². The van der Waals surface area contributed by atoms with Crippen LogP contribution >= 0.6 is 11.6 Å². The van der Waals surface area contributed by atoms with Gasteiger partial charge in [0.15, 0.2) is 11.5 Å². The van der Waals surface area contributed by atoms with Crippen LogP contribution in [-0.2, 0) is 17.8 Å². The zero-order valence-corrected chi connectivity index (χ0v) is 14.7. The minimum atomic E-state index is -0.185. The van der Waals surface area contributed by atoms with Crippen LogP contribution in [0.15, 0.2) is 30.3 Å². The van der Waals surface area contributed by atoms with E-state index in [1.807, 2.05) is 12.1 Å². The van der Waals surface area contributed by atoms with Crippen molar-refractivity contribution in [1.82, 2.24) is 5.32 Å². The van der Waals surface area contributed by atoms with Crippen LogP contribution in [0, 0.1) is 0 Å². The van der Waals surface area contributed by atoms with Gasteiger partial charge in [0.05, 0.1) is 5.02 Å². The molecule has 0 radical (unpaired) electrons. The van der Waals surface area contributed by atoms with E-state index in [-0.39, 0.29) is 11.8 Å². The van der Waals surface area contributed by atoms with Crippen LogP contribution in [0.3, 0.4) is 0 Å². The number of ether oxygens (including phenoxy) is 2. The average molecular weight is 373 g/mol. The van der Waals surface area contributed by atoms with E-state index in [0.29, 0.717) is 54.7 Å². The number of nitrogens with one attached hydrogen (secondary N) is 2. The number of rotatable bonds is 3. The van der Waals surface area contributed by atoms with Gasteiger partial charge in [0.25, 0.3) is 5.91 Å². The first kappa shape index (κ1) is 16.7. The standard InChI is InChI=1S/C19H17ClN2O4/c20-14-7-11(8-16-18(14)26-6-5-25-16)10-21-19(24)13-1-3-15-12(9-13)2-4-17(23)22-15/h1,3,7-9H,2,4-6,10H2,(H,21,24)(H,22,23). The van der Waals surface area contributed by atoms with Crippen molar-refractivity contribution in [1.29, 1.82) is 0 Å². The Hall–Kier alpha value is -2.73. The number of benzene rings is 2. The number of halogens is 1. The van der Waals surface area contributed by atoms with Crippen LogP contribution < -0.4 is 20.1 Å². The van der Waals surface area contributed by atoms with Gasteiger partial charge in [-0.2, -0.15) is 0 Å². The van der Waals surface area contributed by atoms with Crippen LogP contribution in [0.2, 0.25) is 5.02 Å². The maximum Gasteiger partial charge on any atom is 0.251 e. The monoisotopic (exact) mass is 372 g/mol. The Morgan fingerprint density at radius 1 is 1.15 bits per heavy atom. The number of amides is 2. The molecule has 0 aliphatic carbocycles. The molecule has 0 saturated heterocycles. The Morgan fingerprint density at radius 2 is 2.00 bits per heavy atom. The summed E-state index contributed by atoms with van der Waals surface area (Å²) in [6.45, 7) is 1.27. The zero-order chi connectivity index (χ0) is 18.1. The molecule has 2 aromatic carbocycles. The Kier molecular flexibility index (Phi) is 4.42. The second-order valence-electron chi connectivity index (χ2n) is 6.20. The largest absolute Gasteiger partial charge is 0.486 e. The lowest BCUT2D eigenvalue weighted by Gasteiger charge is -2.20. The molecule has 6 nitrogen and oxygen atoms in total. The quantitative estimate of drug-likeness (QED) is 0.868. The lowest BCUT2D eigenvalue weighted by Crippen LogP contribution is -2.24. The highest BCUT2D eigenvalue weighted by atomic mass is 35.5. The van der Waals surface area contributed by atoms with Crippen LogP contribution in [0.1, 0.15) is 27.9 Å². The van der Waals surface area contributed by atoms with E-state index >= 15 is 0 Å². The zero-order valence-electron chi connectivity index (χ0n) is 13.9. The molecular weight excluding hydrogens is 356 g/mol. The van der Waals surface area contributed by atoms with Gasteiger partial charge in [0.1, 0.15) is 13.2 Å². The van der Waals surface area contributed by atoms with Crippen molar-refractivity contribution < 1.29 is 19.1 Å². The van der Waals surface area contributed by atoms with Gasteiger partial charge < -0.3 is 20.1 Å². The lowest BCUT2D eigenvalue weighted by atomic mass is 10.00. The van der Waals surface area contributed by atoms with Gasteiger partial charge in [-0.1, -0.05) is 11.6 Å². The predicted octanol–water partition coefficient (Wildman–Crippen LogP) is 2.93. The van der Waals surface area contributed by atoms with Gasteiger partial charge in [0, 0.05) is 24.2 Å². The summed E-state index contributed by atoms with van der Waals surface area (Å²) in [5.41, 5.74) is 3.14. The highest BCUT2D eigenvalue weighted by Gasteiger charge is 2.18. The van der Waals surface area contributed by atoms with Crippen molar-refractivity contribution in [3.05, 3.63) is 52.0 Å². The summed E-state index contributed by atoms with van der Waals surface area (Å²) in [7, 11) is 0. The molecule has 2 N–H and O–H groups in total. The average Bonchev–Trinajstić information content (AvgIpc) is 2.65. The highest BCUT2D eigenvalue weighted by molar-refractivity contribution is 6.32. The van der Waals surface area contributed by atoms with E-state index in [9.17, 15) is 9.59 Å². The minimum Gasteiger partial charge on any atom is -0.486 e. The van der Waals surface area contributed by atoms with Crippen LogP contribution in [0.5, 0.6) is 11.5 Å². The molecule has 0 unspecified atom stereocenters. The number of carbonyl (C=O) groups is 2. The first-order valence-corrected chi connectivity index (χ1v) is 8.77. The fourth-order valence-corrected chi connectivity index (χ4v) is 3.36. The summed E-state index contributed by atoms with van der Waals surface area (Å²) in [4.78, 5) is 23.9. The lowest BCUT2D eigenvalue weighted by molar-refractivity contribution is -0.116. The number of fused-ring (bicyclic) bond motifs is 2. The van der Waals surface area contributed by atoms with Gasteiger partial charge in [0.2, 0.25) is 5.91 Å². The number of carbonyl (C=O) groups excluding carboxylic acids is 2. The maximum absolute atomic E-state index is 12.5. The fraction of sp³-hybridized carbons (Fsp3) is 0.263. The molecule has 7 heteroatoms. The molecule has 2 amide bonds. The topological polar surface area (TPSA) is 76.7 Å². The molecule has 2 heterocycles. The molecular formula is C19H17ClN2O4. The third kappa shape index (κ3) is 3.32. The summed E-state index contributed by atoms with van der Waals surface area (Å²) in [5.74, 6) is 0.961. The van der Waals surface area contributed by atoms with Crippen molar-refractivity contribution in [3.8, 4) is 11.5 Å². The van der Waals surface area contributed by atoms with Crippen LogP contribution in [0.25, 0.3) is 0 Å². The van der Waals surface area contributed by atoms with E-state index in [2.05, 4.69) is 10.6 Å². The predicted molar refractivity (Wildman–Crippen MR) is 97.0 cm³/mol. The summed E-state index contributed by atoms with van der Waals surface area (Å²) >= 11 is 6.22. The highest BCUT2D eigenvalue weighted by Crippen LogP contribution is 2.38. The van der Waals surface area contributed by atoms with Crippen molar-refractivity contribution >= 4 is 29.1 Å². The molecule has 4 rings (SSSR count). The number of anilines is 1. The summed E-state index contributed by atoms with van der Waals surface area (Å²) < 4.78 is 11.0. The first-order valence-electron chi connectivity index (χ1n) is 8.39. The van der Waals surface area contributed by atoms with Crippen molar-refractivity contribution in [3.63, 3.8) is 0 Å². The SMILES string of the molecule is O=C1CCc2cc(C(=O)NCc3cc(Cl)c4c(c3)OCCO4)ccc2N1. The number of aryl methyl sites for hydroxylation is 1. The Labute approximate surface area is 155 Å².